The Morgan fingerprint density at radius 3 is 3.00 bits per heavy atom. The highest BCUT2D eigenvalue weighted by Crippen LogP contribution is 2.28. The summed E-state index contributed by atoms with van der Waals surface area (Å²) >= 11 is 1.58. The first kappa shape index (κ1) is 8.49. The molecule has 0 amide bonds. The molecule has 15 heavy (non-hydrogen) atoms. The van der Waals surface area contributed by atoms with Gasteiger partial charge in [0.25, 0.3) is 0 Å². The first-order chi connectivity index (χ1) is 7.33. The lowest BCUT2D eigenvalue weighted by molar-refractivity contribution is 0.476. The summed E-state index contributed by atoms with van der Waals surface area (Å²) in [6.45, 7) is 0. The molecule has 3 rings (SSSR count). The van der Waals surface area contributed by atoms with Gasteiger partial charge < -0.3 is 9.52 Å². The SMILES string of the molecule is Oc1ccc2oc(-c3cccs3)nc2c1. The van der Waals surface area contributed by atoms with Crippen LogP contribution in [0.5, 0.6) is 5.75 Å². The van der Waals surface area contributed by atoms with Gasteiger partial charge in [-0.15, -0.1) is 11.3 Å². The van der Waals surface area contributed by atoms with Crippen LogP contribution in [-0.2, 0) is 0 Å². The molecule has 3 aromatic rings. The molecule has 0 fully saturated rings. The Morgan fingerprint density at radius 1 is 1.27 bits per heavy atom. The van der Waals surface area contributed by atoms with Crippen molar-refractivity contribution in [3.63, 3.8) is 0 Å². The zero-order chi connectivity index (χ0) is 10.3. The lowest BCUT2D eigenvalue weighted by atomic mass is 10.3. The molecule has 1 aromatic carbocycles. The number of phenolic OH excluding ortho intramolecular Hbond substituents is 1. The maximum absolute atomic E-state index is 9.29. The van der Waals surface area contributed by atoms with E-state index in [1.165, 1.54) is 0 Å². The topological polar surface area (TPSA) is 46.3 Å². The van der Waals surface area contributed by atoms with Crippen LogP contribution in [0.15, 0.2) is 40.1 Å². The molecule has 1 N–H and O–H groups in total. The number of rotatable bonds is 1. The summed E-state index contributed by atoms with van der Waals surface area (Å²) < 4.78 is 5.56. The van der Waals surface area contributed by atoms with Crippen molar-refractivity contribution in [3.8, 4) is 16.5 Å². The van der Waals surface area contributed by atoms with Gasteiger partial charge in [0.15, 0.2) is 5.58 Å². The molecule has 74 valence electrons. The number of aromatic nitrogens is 1. The van der Waals surface area contributed by atoms with Crippen LogP contribution in [0, 0.1) is 0 Å². The standard InChI is InChI=1S/C11H7NO2S/c13-7-3-4-9-8(6-7)12-11(14-9)10-2-1-5-15-10/h1-6,13H. The molecule has 0 unspecified atom stereocenters. The maximum atomic E-state index is 9.29. The highest BCUT2D eigenvalue weighted by molar-refractivity contribution is 7.13. The highest BCUT2D eigenvalue weighted by Gasteiger charge is 2.08. The summed E-state index contributed by atoms with van der Waals surface area (Å²) in [6, 6.07) is 8.80. The molecular formula is C11H7NO2S. The van der Waals surface area contributed by atoms with E-state index in [0.717, 1.165) is 4.88 Å². The van der Waals surface area contributed by atoms with Gasteiger partial charge in [-0.3, -0.25) is 0 Å². The van der Waals surface area contributed by atoms with Crippen LogP contribution in [0.2, 0.25) is 0 Å². The van der Waals surface area contributed by atoms with Crippen molar-refractivity contribution in [3.05, 3.63) is 35.7 Å². The van der Waals surface area contributed by atoms with Gasteiger partial charge in [0.05, 0.1) is 4.88 Å². The van der Waals surface area contributed by atoms with Crippen LogP contribution < -0.4 is 0 Å². The van der Waals surface area contributed by atoms with E-state index in [-0.39, 0.29) is 5.75 Å². The molecule has 4 heteroatoms. The second kappa shape index (κ2) is 3.10. The van der Waals surface area contributed by atoms with Crippen molar-refractivity contribution in [2.45, 2.75) is 0 Å². The van der Waals surface area contributed by atoms with Crippen LogP contribution in [0.25, 0.3) is 21.9 Å². The molecule has 0 radical (unpaired) electrons. The van der Waals surface area contributed by atoms with Crippen LogP contribution >= 0.6 is 11.3 Å². The Kier molecular flexibility index (Phi) is 1.76. The highest BCUT2D eigenvalue weighted by atomic mass is 32.1. The summed E-state index contributed by atoms with van der Waals surface area (Å²) in [4.78, 5) is 5.29. The molecule has 0 saturated heterocycles. The quantitative estimate of drug-likeness (QED) is 0.680. The third-order valence-corrected chi connectivity index (χ3v) is 2.96. The Bertz CT molecular complexity index is 598. The summed E-state index contributed by atoms with van der Waals surface area (Å²) in [7, 11) is 0. The number of hydrogen-bond donors (Lipinski definition) is 1. The molecule has 0 spiro atoms. The molecule has 3 nitrogen and oxygen atoms in total. The molecule has 2 heterocycles. The number of oxazole rings is 1. The van der Waals surface area contributed by atoms with Crippen LogP contribution in [0.1, 0.15) is 0 Å². The average molecular weight is 217 g/mol. The molecule has 0 atom stereocenters. The predicted octanol–water partition coefficient (Wildman–Crippen LogP) is 3.26. The maximum Gasteiger partial charge on any atom is 0.237 e. The monoisotopic (exact) mass is 217 g/mol. The van der Waals surface area contributed by atoms with Crippen LogP contribution in [0.4, 0.5) is 0 Å². The van der Waals surface area contributed by atoms with Crippen molar-refractivity contribution in [1.82, 2.24) is 4.98 Å². The first-order valence-electron chi connectivity index (χ1n) is 4.46. The smallest absolute Gasteiger partial charge is 0.237 e. The summed E-state index contributed by atoms with van der Waals surface area (Å²) in [6.07, 6.45) is 0. The van der Waals surface area contributed by atoms with Gasteiger partial charge in [0, 0.05) is 6.07 Å². The molecular weight excluding hydrogens is 210 g/mol. The molecule has 0 bridgehead atoms. The number of aromatic hydroxyl groups is 1. The number of thiophene rings is 1. The third kappa shape index (κ3) is 1.39. The summed E-state index contributed by atoms with van der Waals surface area (Å²) in [5.41, 5.74) is 1.37. The van der Waals surface area contributed by atoms with E-state index in [4.69, 9.17) is 4.42 Å². The largest absolute Gasteiger partial charge is 0.508 e. The third-order valence-electron chi connectivity index (χ3n) is 2.10. The zero-order valence-electron chi connectivity index (χ0n) is 7.68. The van der Waals surface area contributed by atoms with Crippen molar-refractivity contribution in [2.24, 2.45) is 0 Å². The van der Waals surface area contributed by atoms with Gasteiger partial charge in [0.1, 0.15) is 11.3 Å². The van der Waals surface area contributed by atoms with E-state index in [1.807, 2.05) is 17.5 Å². The number of phenols is 1. The van der Waals surface area contributed by atoms with Gasteiger partial charge in [-0.1, -0.05) is 6.07 Å². The van der Waals surface area contributed by atoms with Gasteiger partial charge in [-0.25, -0.2) is 4.98 Å². The van der Waals surface area contributed by atoms with E-state index in [0.29, 0.717) is 17.0 Å². The van der Waals surface area contributed by atoms with Crippen molar-refractivity contribution in [1.29, 1.82) is 0 Å². The predicted molar refractivity (Wildman–Crippen MR) is 59.0 cm³/mol. The fraction of sp³-hybridized carbons (Fsp3) is 0. The minimum atomic E-state index is 0.202. The minimum Gasteiger partial charge on any atom is -0.508 e. The van der Waals surface area contributed by atoms with E-state index in [9.17, 15) is 5.11 Å². The minimum absolute atomic E-state index is 0.202. The van der Waals surface area contributed by atoms with Gasteiger partial charge in [0.2, 0.25) is 5.89 Å². The Balaban J connectivity index is 2.22. The van der Waals surface area contributed by atoms with Crippen LogP contribution in [-0.4, -0.2) is 10.1 Å². The fourth-order valence-corrected chi connectivity index (χ4v) is 2.07. The van der Waals surface area contributed by atoms with E-state index >= 15 is 0 Å². The molecule has 0 aliphatic rings. The van der Waals surface area contributed by atoms with Crippen molar-refractivity contribution in [2.75, 3.05) is 0 Å². The van der Waals surface area contributed by atoms with Gasteiger partial charge in [-0.05, 0) is 23.6 Å². The van der Waals surface area contributed by atoms with Crippen LogP contribution in [0.3, 0.4) is 0 Å². The molecule has 0 aliphatic carbocycles. The molecule has 2 aromatic heterocycles. The number of hydrogen-bond acceptors (Lipinski definition) is 4. The second-order valence-corrected chi connectivity index (χ2v) is 4.10. The summed E-state index contributed by atoms with van der Waals surface area (Å²) in [5, 5.41) is 11.3. The van der Waals surface area contributed by atoms with E-state index in [2.05, 4.69) is 4.98 Å². The van der Waals surface area contributed by atoms with E-state index < -0.39 is 0 Å². The number of nitrogens with zero attached hydrogens (tertiary/aromatic N) is 1. The Morgan fingerprint density at radius 2 is 2.20 bits per heavy atom. The van der Waals surface area contributed by atoms with E-state index in [1.54, 1.807) is 29.5 Å². The Hall–Kier alpha value is -1.81. The second-order valence-electron chi connectivity index (χ2n) is 3.15. The first-order valence-corrected chi connectivity index (χ1v) is 5.34. The zero-order valence-corrected chi connectivity index (χ0v) is 8.49. The average Bonchev–Trinajstić information content (AvgIpc) is 2.84. The normalized spacial score (nSPS) is 10.9. The number of benzene rings is 1. The molecule has 0 saturated carbocycles. The van der Waals surface area contributed by atoms with Gasteiger partial charge in [-0.2, -0.15) is 0 Å². The Labute approximate surface area is 89.6 Å². The lowest BCUT2D eigenvalue weighted by Gasteiger charge is -1.87. The lowest BCUT2D eigenvalue weighted by Crippen LogP contribution is -1.69. The van der Waals surface area contributed by atoms with Crippen molar-refractivity contribution < 1.29 is 9.52 Å². The number of fused-ring (bicyclic) bond motifs is 1. The van der Waals surface area contributed by atoms with Crippen molar-refractivity contribution >= 4 is 22.4 Å². The van der Waals surface area contributed by atoms with Gasteiger partial charge >= 0.3 is 0 Å². The fourth-order valence-electron chi connectivity index (χ4n) is 1.42. The molecule has 0 aliphatic heterocycles. The summed E-state index contributed by atoms with van der Waals surface area (Å²) in [5.74, 6) is 0.805.